The van der Waals surface area contributed by atoms with Crippen LogP contribution in [0.2, 0.25) is 5.02 Å². The summed E-state index contributed by atoms with van der Waals surface area (Å²) >= 11 is 6.08. The first kappa shape index (κ1) is 26.5. The second kappa shape index (κ2) is 13.1. The molecule has 0 aliphatic rings. The summed E-state index contributed by atoms with van der Waals surface area (Å²) in [6, 6.07) is 13.9. The quantitative estimate of drug-likeness (QED) is 0.270. The molecule has 0 atom stereocenters. The Balaban J connectivity index is 1.86. The topological polar surface area (TPSA) is 64.5 Å². The van der Waals surface area contributed by atoms with Crippen LogP contribution >= 0.6 is 11.6 Å². The summed E-state index contributed by atoms with van der Waals surface area (Å²) in [5.41, 5.74) is 5.18. The summed E-state index contributed by atoms with van der Waals surface area (Å²) in [6.45, 7) is 9.98. The van der Waals surface area contributed by atoms with Gasteiger partial charge in [-0.05, 0) is 56.0 Å². The lowest BCUT2D eigenvalue weighted by molar-refractivity contribution is -0.145. The van der Waals surface area contributed by atoms with Crippen LogP contribution in [0, 0.1) is 6.92 Å². The average Bonchev–Trinajstić information content (AvgIpc) is 2.86. The van der Waals surface area contributed by atoms with Crippen molar-refractivity contribution in [2.24, 2.45) is 0 Å². The third-order valence-electron chi connectivity index (χ3n) is 5.79. The molecular weight excluding hydrogens is 462 g/mol. The van der Waals surface area contributed by atoms with Gasteiger partial charge in [0.1, 0.15) is 17.9 Å². The molecule has 6 nitrogen and oxygen atoms in total. The van der Waals surface area contributed by atoms with Gasteiger partial charge >= 0.3 is 5.97 Å². The third kappa shape index (κ3) is 7.18. The van der Waals surface area contributed by atoms with E-state index in [0.29, 0.717) is 23.9 Å². The second-order valence-electron chi connectivity index (χ2n) is 8.34. The van der Waals surface area contributed by atoms with Crippen LogP contribution in [0.25, 0.3) is 11.3 Å². The zero-order chi connectivity index (χ0) is 25.2. The van der Waals surface area contributed by atoms with Crippen LogP contribution < -0.4 is 9.64 Å². The summed E-state index contributed by atoms with van der Waals surface area (Å²) in [4.78, 5) is 23.2. The molecule has 2 aromatic carbocycles. The predicted molar refractivity (Wildman–Crippen MR) is 141 cm³/mol. The van der Waals surface area contributed by atoms with E-state index in [4.69, 9.17) is 21.1 Å². The molecule has 0 N–H and O–H groups in total. The van der Waals surface area contributed by atoms with E-state index < -0.39 is 0 Å². The van der Waals surface area contributed by atoms with Crippen LogP contribution in [0.15, 0.2) is 48.8 Å². The van der Waals surface area contributed by atoms with E-state index in [2.05, 4.69) is 47.8 Å². The van der Waals surface area contributed by atoms with E-state index in [0.717, 1.165) is 59.6 Å². The van der Waals surface area contributed by atoms with Crippen molar-refractivity contribution in [1.82, 2.24) is 9.97 Å². The molecule has 1 heterocycles. The number of hydrogen-bond donors (Lipinski definition) is 0. The minimum atomic E-state index is -0.361. The minimum absolute atomic E-state index is 0.0869. The number of aryl methyl sites for hydroxylation is 1. The number of anilines is 1. The molecule has 1 aromatic heterocycles. The number of carbonyl (C=O) groups is 1. The molecule has 0 saturated heterocycles. The minimum Gasteiger partial charge on any atom is -0.482 e. The molecule has 3 aromatic rings. The van der Waals surface area contributed by atoms with Gasteiger partial charge in [-0.25, -0.2) is 14.8 Å². The molecule has 0 bridgehead atoms. The number of aromatic nitrogens is 2. The van der Waals surface area contributed by atoms with Crippen molar-refractivity contribution in [3.05, 3.63) is 70.5 Å². The maximum absolute atomic E-state index is 11.7. The van der Waals surface area contributed by atoms with E-state index >= 15 is 0 Å². The SMILES string of the molecule is CCCCN(Cc1ccc(OCC(=O)OCC)c(CC)c1)c1ncnc(-c2ccc(Cl)cc2)c1C. The highest BCUT2D eigenvalue weighted by Crippen LogP contribution is 2.30. The van der Waals surface area contributed by atoms with Gasteiger partial charge in [0.15, 0.2) is 6.61 Å². The number of ether oxygens (including phenoxy) is 2. The Morgan fingerprint density at radius 3 is 2.51 bits per heavy atom. The summed E-state index contributed by atoms with van der Waals surface area (Å²) in [7, 11) is 0. The Morgan fingerprint density at radius 2 is 1.83 bits per heavy atom. The van der Waals surface area contributed by atoms with Gasteiger partial charge in [0.2, 0.25) is 0 Å². The van der Waals surface area contributed by atoms with Gasteiger partial charge in [-0.3, -0.25) is 0 Å². The molecule has 0 aliphatic heterocycles. The highest BCUT2D eigenvalue weighted by Gasteiger charge is 2.17. The van der Waals surface area contributed by atoms with E-state index in [-0.39, 0.29) is 12.6 Å². The number of benzene rings is 2. The van der Waals surface area contributed by atoms with Crippen molar-refractivity contribution in [2.75, 3.05) is 24.7 Å². The number of esters is 1. The molecule has 3 rings (SSSR count). The first-order chi connectivity index (χ1) is 17.0. The lowest BCUT2D eigenvalue weighted by Gasteiger charge is -2.26. The van der Waals surface area contributed by atoms with Crippen LogP contribution in [-0.4, -0.2) is 35.7 Å². The van der Waals surface area contributed by atoms with Crippen molar-refractivity contribution >= 4 is 23.4 Å². The van der Waals surface area contributed by atoms with E-state index in [1.165, 1.54) is 0 Å². The molecule has 0 unspecified atom stereocenters. The summed E-state index contributed by atoms with van der Waals surface area (Å²) in [5, 5.41) is 0.701. The fraction of sp³-hybridized carbons (Fsp3) is 0.393. The molecule has 0 radical (unpaired) electrons. The van der Waals surface area contributed by atoms with Crippen LogP contribution in [0.1, 0.15) is 50.3 Å². The maximum atomic E-state index is 11.7. The van der Waals surface area contributed by atoms with Gasteiger partial charge in [0, 0.05) is 29.2 Å². The van der Waals surface area contributed by atoms with Gasteiger partial charge < -0.3 is 14.4 Å². The zero-order valence-electron chi connectivity index (χ0n) is 21.0. The van der Waals surface area contributed by atoms with Crippen LogP contribution in [0.4, 0.5) is 5.82 Å². The highest BCUT2D eigenvalue weighted by molar-refractivity contribution is 6.30. The Kier molecular flexibility index (Phi) is 9.91. The standard InChI is InChI=1S/C28H34ClN3O3/c1-5-8-15-32(28-20(4)27(30-19-31-28)23-10-12-24(29)13-11-23)17-21-9-14-25(22(6-2)16-21)35-18-26(33)34-7-3/h9-14,16,19H,5-8,15,17-18H2,1-4H3. The summed E-state index contributed by atoms with van der Waals surface area (Å²) in [6.07, 6.45) is 4.58. The first-order valence-electron chi connectivity index (χ1n) is 12.2. The van der Waals surface area contributed by atoms with Crippen molar-refractivity contribution < 1.29 is 14.3 Å². The first-order valence-corrected chi connectivity index (χ1v) is 12.6. The number of rotatable bonds is 12. The van der Waals surface area contributed by atoms with Crippen molar-refractivity contribution in [3.8, 4) is 17.0 Å². The zero-order valence-corrected chi connectivity index (χ0v) is 21.8. The molecule has 0 aliphatic carbocycles. The Hall–Kier alpha value is -3.12. The van der Waals surface area contributed by atoms with Gasteiger partial charge in [0.25, 0.3) is 0 Å². The van der Waals surface area contributed by atoms with E-state index in [1.807, 2.05) is 30.3 Å². The largest absolute Gasteiger partial charge is 0.482 e. The predicted octanol–water partition coefficient (Wildman–Crippen LogP) is 6.42. The number of nitrogens with zero attached hydrogens (tertiary/aromatic N) is 3. The molecule has 0 amide bonds. The van der Waals surface area contributed by atoms with Gasteiger partial charge in [-0.1, -0.05) is 56.1 Å². The Morgan fingerprint density at radius 1 is 1.06 bits per heavy atom. The molecule has 0 saturated carbocycles. The van der Waals surface area contributed by atoms with Gasteiger partial charge in [-0.2, -0.15) is 0 Å². The lowest BCUT2D eigenvalue weighted by atomic mass is 10.1. The average molecular weight is 496 g/mol. The second-order valence-corrected chi connectivity index (χ2v) is 8.78. The van der Waals surface area contributed by atoms with E-state index in [9.17, 15) is 4.79 Å². The van der Waals surface area contributed by atoms with Crippen LogP contribution in [-0.2, 0) is 22.5 Å². The molecular formula is C28H34ClN3O3. The maximum Gasteiger partial charge on any atom is 0.344 e. The lowest BCUT2D eigenvalue weighted by Crippen LogP contribution is -2.26. The van der Waals surface area contributed by atoms with Crippen molar-refractivity contribution in [1.29, 1.82) is 0 Å². The number of unbranched alkanes of at least 4 members (excludes halogenated alkanes) is 1. The molecule has 0 spiro atoms. The molecule has 0 fully saturated rings. The smallest absolute Gasteiger partial charge is 0.344 e. The molecule has 7 heteroatoms. The number of halogens is 1. The molecule has 186 valence electrons. The monoisotopic (exact) mass is 495 g/mol. The van der Waals surface area contributed by atoms with Gasteiger partial charge in [-0.15, -0.1) is 0 Å². The summed E-state index contributed by atoms with van der Waals surface area (Å²) < 4.78 is 10.7. The number of hydrogen-bond acceptors (Lipinski definition) is 6. The number of carbonyl (C=O) groups excluding carboxylic acids is 1. The summed E-state index contributed by atoms with van der Waals surface area (Å²) in [5.74, 6) is 1.28. The van der Waals surface area contributed by atoms with Crippen molar-refractivity contribution in [2.45, 2.75) is 53.5 Å². The highest BCUT2D eigenvalue weighted by atomic mass is 35.5. The van der Waals surface area contributed by atoms with Crippen LogP contribution in [0.5, 0.6) is 5.75 Å². The van der Waals surface area contributed by atoms with E-state index in [1.54, 1.807) is 13.3 Å². The van der Waals surface area contributed by atoms with Gasteiger partial charge in [0.05, 0.1) is 12.3 Å². The van der Waals surface area contributed by atoms with Crippen molar-refractivity contribution in [3.63, 3.8) is 0 Å². The Labute approximate surface area is 213 Å². The normalized spacial score (nSPS) is 10.8. The van der Waals surface area contributed by atoms with Crippen LogP contribution in [0.3, 0.4) is 0 Å². The fourth-order valence-corrected chi connectivity index (χ4v) is 4.10. The fourth-order valence-electron chi connectivity index (χ4n) is 3.98. The Bertz CT molecular complexity index is 1120. The third-order valence-corrected chi connectivity index (χ3v) is 6.04. The molecule has 35 heavy (non-hydrogen) atoms.